The summed E-state index contributed by atoms with van der Waals surface area (Å²) in [7, 11) is 0. The van der Waals surface area contributed by atoms with E-state index in [0.717, 1.165) is 85.8 Å². The Labute approximate surface area is 223 Å². The SMILES string of the molecule is c1cc(OCCC2CNCCO2)cc(-c2cccc3cnc(Nc4ccc(N5CCNCC5)cc4)nc23)c1. The van der Waals surface area contributed by atoms with Crippen molar-refractivity contribution in [3.8, 4) is 16.9 Å². The molecule has 0 amide bonds. The maximum absolute atomic E-state index is 6.08. The maximum atomic E-state index is 6.08. The van der Waals surface area contributed by atoms with Gasteiger partial charge in [-0.15, -0.1) is 0 Å². The number of aromatic nitrogens is 2. The highest BCUT2D eigenvalue weighted by atomic mass is 16.5. The maximum Gasteiger partial charge on any atom is 0.227 e. The molecule has 0 spiro atoms. The van der Waals surface area contributed by atoms with Gasteiger partial charge in [0.2, 0.25) is 5.95 Å². The lowest BCUT2D eigenvalue weighted by molar-refractivity contribution is 0.0159. The number of hydrogen-bond donors (Lipinski definition) is 3. The van der Waals surface area contributed by atoms with Gasteiger partial charge in [0.15, 0.2) is 0 Å². The van der Waals surface area contributed by atoms with E-state index in [-0.39, 0.29) is 6.10 Å². The first kappa shape index (κ1) is 24.6. The molecule has 2 fully saturated rings. The van der Waals surface area contributed by atoms with Crippen molar-refractivity contribution in [3.05, 3.63) is 72.9 Å². The fraction of sp³-hybridized carbons (Fsp3) is 0.333. The summed E-state index contributed by atoms with van der Waals surface area (Å²) in [4.78, 5) is 11.9. The zero-order valence-electron chi connectivity index (χ0n) is 21.5. The third kappa shape index (κ3) is 5.88. The Kier molecular flexibility index (Phi) is 7.62. The van der Waals surface area contributed by atoms with Crippen LogP contribution in [0.3, 0.4) is 0 Å². The van der Waals surface area contributed by atoms with Crippen LogP contribution in [0, 0.1) is 0 Å². The van der Waals surface area contributed by atoms with Gasteiger partial charge >= 0.3 is 0 Å². The van der Waals surface area contributed by atoms with Gasteiger partial charge in [0, 0.05) is 74.2 Å². The molecule has 8 nitrogen and oxygen atoms in total. The topological polar surface area (TPSA) is 83.6 Å². The Hall–Kier alpha value is -3.72. The van der Waals surface area contributed by atoms with Gasteiger partial charge in [-0.3, -0.25) is 0 Å². The molecule has 8 heteroatoms. The summed E-state index contributed by atoms with van der Waals surface area (Å²) in [6.07, 6.45) is 2.96. The summed E-state index contributed by atoms with van der Waals surface area (Å²) in [6.45, 7) is 7.30. The lowest BCUT2D eigenvalue weighted by Crippen LogP contribution is -2.43. The molecule has 4 aromatic rings. The fourth-order valence-electron chi connectivity index (χ4n) is 5.02. The zero-order chi connectivity index (χ0) is 25.6. The van der Waals surface area contributed by atoms with Gasteiger partial charge in [0.1, 0.15) is 5.75 Å². The molecule has 3 aromatic carbocycles. The van der Waals surface area contributed by atoms with E-state index in [1.807, 2.05) is 30.5 Å². The Morgan fingerprint density at radius 1 is 0.974 bits per heavy atom. The Bertz CT molecular complexity index is 1350. The molecule has 6 rings (SSSR count). The number of morpholine rings is 1. The first-order valence-electron chi connectivity index (χ1n) is 13.5. The molecule has 0 bridgehead atoms. The first-order valence-corrected chi connectivity index (χ1v) is 13.5. The number of fused-ring (bicyclic) bond motifs is 1. The standard InChI is InChI=1S/C30H34N6O2/c1-3-22(19-26(5-1)37-17-11-27-21-32-14-18-38-27)28-6-2-4-23-20-33-30(35-29(23)28)34-24-7-9-25(10-8-24)36-15-12-31-13-16-36/h1-10,19-20,27,31-32H,11-18,21H2,(H,33,34,35). The summed E-state index contributed by atoms with van der Waals surface area (Å²) in [5.74, 6) is 1.42. The number of benzene rings is 3. The molecular weight excluding hydrogens is 476 g/mol. The second kappa shape index (κ2) is 11.8. The summed E-state index contributed by atoms with van der Waals surface area (Å²) in [6, 6.07) is 22.9. The third-order valence-corrected chi connectivity index (χ3v) is 7.07. The number of anilines is 3. The minimum absolute atomic E-state index is 0.214. The monoisotopic (exact) mass is 510 g/mol. The molecule has 2 aliphatic heterocycles. The van der Waals surface area contributed by atoms with Crippen molar-refractivity contribution in [2.75, 3.05) is 62.7 Å². The van der Waals surface area contributed by atoms with Gasteiger partial charge in [0.05, 0.1) is 24.8 Å². The largest absolute Gasteiger partial charge is 0.493 e. The number of ether oxygens (including phenoxy) is 2. The van der Waals surface area contributed by atoms with E-state index in [0.29, 0.717) is 12.6 Å². The van der Waals surface area contributed by atoms with E-state index in [1.54, 1.807) is 0 Å². The molecule has 0 saturated carbocycles. The minimum atomic E-state index is 0.214. The summed E-state index contributed by atoms with van der Waals surface area (Å²) in [5.41, 5.74) is 5.22. The highest BCUT2D eigenvalue weighted by molar-refractivity contribution is 5.94. The molecule has 2 saturated heterocycles. The lowest BCUT2D eigenvalue weighted by atomic mass is 10.0. The molecule has 2 aliphatic rings. The summed E-state index contributed by atoms with van der Waals surface area (Å²) in [5, 5.41) is 11.1. The molecule has 196 valence electrons. The molecule has 0 aliphatic carbocycles. The van der Waals surface area contributed by atoms with Crippen LogP contribution in [-0.2, 0) is 4.74 Å². The van der Waals surface area contributed by atoms with Crippen molar-refractivity contribution in [3.63, 3.8) is 0 Å². The van der Waals surface area contributed by atoms with Gasteiger partial charge in [-0.1, -0.05) is 30.3 Å². The third-order valence-electron chi connectivity index (χ3n) is 7.07. The van der Waals surface area contributed by atoms with Crippen LogP contribution < -0.4 is 25.6 Å². The van der Waals surface area contributed by atoms with Gasteiger partial charge in [-0.05, 0) is 42.0 Å². The second-order valence-electron chi connectivity index (χ2n) is 9.71. The molecule has 0 radical (unpaired) electrons. The molecule has 3 N–H and O–H groups in total. The van der Waals surface area contributed by atoms with Crippen LogP contribution in [0.25, 0.3) is 22.0 Å². The van der Waals surface area contributed by atoms with Gasteiger partial charge < -0.3 is 30.3 Å². The van der Waals surface area contributed by atoms with Crippen LogP contribution in [0.5, 0.6) is 5.75 Å². The highest BCUT2D eigenvalue weighted by Gasteiger charge is 2.14. The second-order valence-corrected chi connectivity index (χ2v) is 9.71. The van der Waals surface area contributed by atoms with E-state index < -0.39 is 0 Å². The smallest absolute Gasteiger partial charge is 0.227 e. The molecule has 38 heavy (non-hydrogen) atoms. The predicted molar refractivity (Wildman–Crippen MR) is 153 cm³/mol. The van der Waals surface area contributed by atoms with Crippen molar-refractivity contribution in [1.29, 1.82) is 0 Å². The minimum Gasteiger partial charge on any atom is -0.493 e. The number of piperazine rings is 1. The van der Waals surface area contributed by atoms with Crippen LogP contribution in [0.4, 0.5) is 17.3 Å². The van der Waals surface area contributed by atoms with Crippen LogP contribution in [0.2, 0.25) is 0 Å². The van der Waals surface area contributed by atoms with Crippen LogP contribution in [0.1, 0.15) is 6.42 Å². The highest BCUT2D eigenvalue weighted by Crippen LogP contribution is 2.30. The van der Waals surface area contributed by atoms with E-state index in [4.69, 9.17) is 14.5 Å². The Balaban J connectivity index is 1.17. The van der Waals surface area contributed by atoms with Crippen molar-refractivity contribution >= 4 is 28.2 Å². The number of nitrogens with zero attached hydrogens (tertiary/aromatic N) is 3. The van der Waals surface area contributed by atoms with Gasteiger partial charge in [-0.2, -0.15) is 0 Å². The molecule has 1 unspecified atom stereocenters. The molecule has 1 atom stereocenters. The quantitative estimate of drug-likeness (QED) is 0.325. The zero-order valence-corrected chi connectivity index (χ0v) is 21.5. The fourth-order valence-corrected chi connectivity index (χ4v) is 5.02. The van der Waals surface area contributed by atoms with E-state index in [1.165, 1.54) is 5.69 Å². The molecule has 1 aromatic heterocycles. The number of hydrogen-bond acceptors (Lipinski definition) is 8. The van der Waals surface area contributed by atoms with E-state index in [2.05, 4.69) is 68.3 Å². The average molecular weight is 511 g/mol. The Morgan fingerprint density at radius 3 is 2.68 bits per heavy atom. The van der Waals surface area contributed by atoms with E-state index >= 15 is 0 Å². The predicted octanol–water partition coefficient (Wildman–Crippen LogP) is 4.21. The lowest BCUT2D eigenvalue weighted by Gasteiger charge is -2.29. The van der Waals surface area contributed by atoms with Crippen LogP contribution >= 0.6 is 0 Å². The van der Waals surface area contributed by atoms with Gasteiger partial charge in [0.25, 0.3) is 0 Å². The van der Waals surface area contributed by atoms with Crippen molar-refractivity contribution in [1.82, 2.24) is 20.6 Å². The summed E-state index contributed by atoms with van der Waals surface area (Å²) < 4.78 is 11.9. The first-order chi connectivity index (χ1) is 18.8. The molecular formula is C30H34N6O2. The number of para-hydroxylation sites is 1. The summed E-state index contributed by atoms with van der Waals surface area (Å²) >= 11 is 0. The number of nitrogens with one attached hydrogen (secondary N) is 3. The van der Waals surface area contributed by atoms with Crippen molar-refractivity contribution in [2.24, 2.45) is 0 Å². The van der Waals surface area contributed by atoms with Crippen LogP contribution in [0.15, 0.2) is 72.9 Å². The van der Waals surface area contributed by atoms with Crippen LogP contribution in [-0.4, -0.2) is 68.6 Å². The normalized spacial score (nSPS) is 17.9. The van der Waals surface area contributed by atoms with Gasteiger partial charge in [-0.25, -0.2) is 9.97 Å². The van der Waals surface area contributed by atoms with Crippen molar-refractivity contribution in [2.45, 2.75) is 12.5 Å². The van der Waals surface area contributed by atoms with Crippen molar-refractivity contribution < 1.29 is 9.47 Å². The molecule has 3 heterocycles. The average Bonchev–Trinajstić information content (AvgIpc) is 2.98. The number of rotatable bonds is 8. The van der Waals surface area contributed by atoms with E-state index in [9.17, 15) is 0 Å². The Morgan fingerprint density at radius 2 is 1.84 bits per heavy atom.